The molecule has 0 bridgehead atoms. The van der Waals surface area contributed by atoms with Crippen molar-refractivity contribution in [1.82, 2.24) is 5.32 Å². The number of carbonyl (C=O) groups is 1. The van der Waals surface area contributed by atoms with E-state index in [2.05, 4.69) is 11.4 Å². The summed E-state index contributed by atoms with van der Waals surface area (Å²) in [6.07, 6.45) is 1.97. The topological polar surface area (TPSA) is 49.3 Å². The SMILES string of the molecule is CCC(CO)NC(=O)CCc1cccc(C)c1. The second-order valence-corrected chi connectivity index (χ2v) is 4.34. The first-order valence-corrected chi connectivity index (χ1v) is 6.11. The normalized spacial score (nSPS) is 12.2. The minimum atomic E-state index is -0.111. The summed E-state index contributed by atoms with van der Waals surface area (Å²) in [5.41, 5.74) is 2.39. The van der Waals surface area contributed by atoms with E-state index >= 15 is 0 Å². The molecule has 0 aliphatic carbocycles. The van der Waals surface area contributed by atoms with Crippen LogP contribution in [-0.4, -0.2) is 23.7 Å². The molecule has 17 heavy (non-hydrogen) atoms. The molecule has 0 saturated carbocycles. The van der Waals surface area contributed by atoms with Gasteiger partial charge in [-0.25, -0.2) is 0 Å². The van der Waals surface area contributed by atoms with Gasteiger partial charge in [-0.15, -0.1) is 0 Å². The predicted octanol–water partition coefficient (Wildman–Crippen LogP) is 1.81. The molecular formula is C14H21NO2. The van der Waals surface area contributed by atoms with Crippen LogP contribution in [0.5, 0.6) is 0 Å². The zero-order valence-electron chi connectivity index (χ0n) is 10.6. The Morgan fingerprint density at radius 2 is 2.24 bits per heavy atom. The first-order chi connectivity index (χ1) is 8.15. The predicted molar refractivity (Wildman–Crippen MR) is 68.8 cm³/mol. The third-order valence-electron chi connectivity index (χ3n) is 2.80. The van der Waals surface area contributed by atoms with E-state index in [-0.39, 0.29) is 18.6 Å². The maximum absolute atomic E-state index is 11.6. The largest absolute Gasteiger partial charge is 0.394 e. The van der Waals surface area contributed by atoms with Crippen LogP contribution in [-0.2, 0) is 11.2 Å². The van der Waals surface area contributed by atoms with Crippen molar-refractivity contribution in [1.29, 1.82) is 0 Å². The van der Waals surface area contributed by atoms with Crippen molar-refractivity contribution >= 4 is 5.91 Å². The van der Waals surface area contributed by atoms with E-state index < -0.39 is 0 Å². The van der Waals surface area contributed by atoms with Crippen LogP contribution in [0.2, 0.25) is 0 Å². The number of aliphatic hydroxyl groups is 1. The molecule has 0 aromatic heterocycles. The minimum absolute atomic E-state index is 0.00663. The molecule has 1 amide bonds. The molecule has 0 saturated heterocycles. The lowest BCUT2D eigenvalue weighted by atomic mass is 10.1. The fourth-order valence-electron chi connectivity index (χ4n) is 1.70. The fourth-order valence-corrected chi connectivity index (χ4v) is 1.70. The van der Waals surface area contributed by atoms with E-state index in [1.54, 1.807) is 0 Å². The van der Waals surface area contributed by atoms with Crippen LogP contribution in [0.1, 0.15) is 30.9 Å². The second kappa shape index (κ2) is 7.07. The van der Waals surface area contributed by atoms with Crippen molar-refractivity contribution in [2.75, 3.05) is 6.61 Å². The number of nitrogens with one attached hydrogen (secondary N) is 1. The maximum atomic E-state index is 11.6. The molecule has 0 spiro atoms. The number of hydrogen-bond acceptors (Lipinski definition) is 2. The highest BCUT2D eigenvalue weighted by atomic mass is 16.3. The lowest BCUT2D eigenvalue weighted by Gasteiger charge is -2.13. The number of aliphatic hydroxyl groups excluding tert-OH is 1. The first kappa shape index (κ1) is 13.7. The van der Waals surface area contributed by atoms with E-state index in [0.717, 1.165) is 12.8 Å². The molecule has 0 aliphatic rings. The molecule has 0 fully saturated rings. The lowest BCUT2D eigenvalue weighted by molar-refractivity contribution is -0.122. The Bertz CT molecular complexity index is 359. The van der Waals surface area contributed by atoms with Crippen LogP contribution in [0.25, 0.3) is 0 Å². The Kier molecular flexibility index (Phi) is 5.70. The van der Waals surface area contributed by atoms with E-state index in [9.17, 15) is 4.79 Å². The van der Waals surface area contributed by atoms with Gasteiger partial charge < -0.3 is 10.4 Å². The van der Waals surface area contributed by atoms with E-state index in [1.807, 2.05) is 32.0 Å². The highest BCUT2D eigenvalue weighted by Gasteiger charge is 2.08. The second-order valence-electron chi connectivity index (χ2n) is 4.34. The Balaban J connectivity index is 2.38. The minimum Gasteiger partial charge on any atom is -0.394 e. The zero-order chi connectivity index (χ0) is 12.7. The van der Waals surface area contributed by atoms with Gasteiger partial charge in [-0.1, -0.05) is 36.8 Å². The molecule has 94 valence electrons. The number of carbonyl (C=O) groups excluding carboxylic acids is 1. The highest BCUT2D eigenvalue weighted by Crippen LogP contribution is 2.06. The van der Waals surface area contributed by atoms with Crippen LogP contribution < -0.4 is 5.32 Å². The summed E-state index contributed by atoms with van der Waals surface area (Å²) >= 11 is 0. The average Bonchev–Trinajstić information content (AvgIpc) is 2.33. The molecule has 1 rings (SSSR count). The lowest BCUT2D eigenvalue weighted by Crippen LogP contribution is -2.37. The van der Waals surface area contributed by atoms with Gasteiger partial charge in [0.1, 0.15) is 0 Å². The van der Waals surface area contributed by atoms with E-state index in [0.29, 0.717) is 6.42 Å². The average molecular weight is 235 g/mol. The zero-order valence-corrected chi connectivity index (χ0v) is 10.6. The van der Waals surface area contributed by atoms with Gasteiger partial charge in [-0.2, -0.15) is 0 Å². The van der Waals surface area contributed by atoms with Crippen molar-refractivity contribution in [2.45, 2.75) is 39.2 Å². The fraction of sp³-hybridized carbons (Fsp3) is 0.500. The van der Waals surface area contributed by atoms with Gasteiger partial charge in [0.15, 0.2) is 0 Å². The highest BCUT2D eigenvalue weighted by molar-refractivity contribution is 5.76. The summed E-state index contributed by atoms with van der Waals surface area (Å²) < 4.78 is 0. The first-order valence-electron chi connectivity index (χ1n) is 6.11. The third-order valence-corrected chi connectivity index (χ3v) is 2.80. The Morgan fingerprint density at radius 3 is 2.82 bits per heavy atom. The van der Waals surface area contributed by atoms with Gasteiger partial charge in [0.25, 0.3) is 0 Å². The van der Waals surface area contributed by atoms with Crippen LogP contribution >= 0.6 is 0 Å². The van der Waals surface area contributed by atoms with Gasteiger partial charge in [0.05, 0.1) is 12.6 Å². The van der Waals surface area contributed by atoms with Gasteiger partial charge in [0.2, 0.25) is 5.91 Å². The van der Waals surface area contributed by atoms with Crippen molar-refractivity contribution in [3.05, 3.63) is 35.4 Å². The molecule has 1 unspecified atom stereocenters. The summed E-state index contributed by atoms with van der Waals surface area (Å²) in [4.78, 5) is 11.6. The Morgan fingerprint density at radius 1 is 1.47 bits per heavy atom. The Labute approximate surface area is 103 Å². The summed E-state index contributed by atoms with van der Waals surface area (Å²) in [6.45, 7) is 4.00. The molecule has 3 heteroatoms. The van der Waals surface area contributed by atoms with Crippen molar-refractivity contribution < 1.29 is 9.90 Å². The molecule has 1 aromatic rings. The molecule has 0 aliphatic heterocycles. The van der Waals surface area contributed by atoms with E-state index in [1.165, 1.54) is 11.1 Å². The van der Waals surface area contributed by atoms with Crippen LogP contribution in [0.4, 0.5) is 0 Å². The van der Waals surface area contributed by atoms with Crippen LogP contribution in [0, 0.1) is 6.92 Å². The summed E-state index contributed by atoms with van der Waals surface area (Å²) in [7, 11) is 0. The molecule has 0 heterocycles. The van der Waals surface area contributed by atoms with Crippen LogP contribution in [0.3, 0.4) is 0 Å². The molecule has 1 atom stereocenters. The Hall–Kier alpha value is -1.35. The molecule has 1 aromatic carbocycles. The number of benzene rings is 1. The van der Waals surface area contributed by atoms with Gasteiger partial charge in [-0.05, 0) is 25.3 Å². The smallest absolute Gasteiger partial charge is 0.220 e. The number of rotatable bonds is 6. The number of amides is 1. The van der Waals surface area contributed by atoms with Crippen molar-refractivity contribution in [2.24, 2.45) is 0 Å². The summed E-state index contributed by atoms with van der Waals surface area (Å²) in [5.74, 6) is 0.00686. The summed E-state index contributed by atoms with van der Waals surface area (Å²) in [5, 5.41) is 11.8. The monoisotopic (exact) mass is 235 g/mol. The van der Waals surface area contributed by atoms with Crippen molar-refractivity contribution in [3.63, 3.8) is 0 Å². The number of aryl methyl sites for hydroxylation is 2. The van der Waals surface area contributed by atoms with Gasteiger partial charge in [-0.3, -0.25) is 4.79 Å². The van der Waals surface area contributed by atoms with Crippen LogP contribution in [0.15, 0.2) is 24.3 Å². The molecule has 2 N–H and O–H groups in total. The number of hydrogen-bond donors (Lipinski definition) is 2. The quantitative estimate of drug-likeness (QED) is 0.790. The van der Waals surface area contributed by atoms with E-state index in [4.69, 9.17) is 5.11 Å². The van der Waals surface area contributed by atoms with Gasteiger partial charge in [0, 0.05) is 6.42 Å². The third kappa shape index (κ3) is 5.00. The van der Waals surface area contributed by atoms with Gasteiger partial charge >= 0.3 is 0 Å². The standard InChI is InChI=1S/C14H21NO2/c1-3-13(10-16)15-14(17)8-7-12-6-4-5-11(2)9-12/h4-6,9,13,16H,3,7-8,10H2,1-2H3,(H,15,17). The van der Waals surface area contributed by atoms with Crippen molar-refractivity contribution in [3.8, 4) is 0 Å². The maximum Gasteiger partial charge on any atom is 0.220 e. The summed E-state index contributed by atoms with van der Waals surface area (Å²) in [6, 6.07) is 8.06. The molecule has 0 radical (unpaired) electrons. The molecular weight excluding hydrogens is 214 g/mol. The molecule has 3 nitrogen and oxygen atoms in total.